The second-order valence-electron chi connectivity index (χ2n) is 8.16. The Morgan fingerprint density at radius 1 is 1.09 bits per heavy atom. The summed E-state index contributed by atoms with van der Waals surface area (Å²) in [4.78, 5) is 11.9. The Morgan fingerprint density at radius 2 is 1.61 bits per heavy atom. The van der Waals surface area contributed by atoms with E-state index in [4.69, 9.17) is 8.92 Å². The van der Waals surface area contributed by atoms with Gasteiger partial charge in [-0.25, -0.2) is 4.79 Å². The summed E-state index contributed by atoms with van der Waals surface area (Å²) >= 11 is 0. The van der Waals surface area contributed by atoms with E-state index in [1.807, 2.05) is 34.6 Å². The monoisotopic (exact) mass is 349 g/mol. The molecule has 1 aliphatic carbocycles. The minimum Gasteiger partial charge on any atom is -0.444 e. The average Bonchev–Trinajstić information content (AvgIpc) is 2.25. The Hall–Kier alpha value is -0.820. The molecule has 1 amide bonds. The molecule has 0 saturated heterocycles. The molecule has 136 valence electrons. The van der Waals surface area contributed by atoms with Gasteiger partial charge < -0.3 is 10.1 Å². The average molecular weight is 349 g/mol. The van der Waals surface area contributed by atoms with Crippen molar-refractivity contribution in [1.82, 2.24) is 5.32 Å². The first kappa shape index (κ1) is 20.2. The van der Waals surface area contributed by atoms with E-state index in [0.717, 1.165) is 38.4 Å². The molecule has 0 heterocycles. The van der Waals surface area contributed by atoms with Crippen LogP contribution in [0.3, 0.4) is 0 Å². The van der Waals surface area contributed by atoms with Crippen LogP contribution in [0.2, 0.25) is 0 Å². The smallest absolute Gasteiger partial charge is 0.408 e. The van der Waals surface area contributed by atoms with Gasteiger partial charge in [-0.2, -0.15) is 8.42 Å². The standard InChI is InChI=1S/C16H31NO5S/c1-15(2,3)21-14(18)17-16(4,5)11-12-7-9-13(10-8-12)22-23(6,19)20/h12-13H,7-11H2,1-6H3,(H,17,18). The van der Waals surface area contributed by atoms with Crippen molar-refractivity contribution in [3.63, 3.8) is 0 Å². The van der Waals surface area contributed by atoms with Crippen LogP contribution in [-0.2, 0) is 19.0 Å². The molecular weight excluding hydrogens is 318 g/mol. The van der Waals surface area contributed by atoms with Gasteiger partial charge in [0.1, 0.15) is 5.60 Å². The van der Waals surface area contributed by atoms with Gasteiger partial charge in [0.05, 0.1) is 12.4 Å². The zero-order chi connectivity index (χ0) is 17.9. The summed E-state index contributed by atoms with van der Waals surface area (Å²) < 4.78 is 32.7. The van der Waals surface area contributed by atoms with E-state index in [0.29, 0.717) is 5.92 Å². The molecule has 1 N–H and O–H groups in total. The number of carbonyl (C=O) groups excluding carboxylic acids is 1. The fraction of sp³-hybridized carbons (Fsp3) is 0.938. The lowest BCUT2D eigenvalue weighted by Gasteiger charge is -2.35. The third kappa shape index (κ3) is 9.15. The van der Waals surface area contributed by atoms with Crippen molar-refractivity contribution in [3.8, 4) is 0 Å². The third-order valence-electron chi connectivity index (χ3n) is 3.74. The highest BCUT2D eigenvalue weighted by Crippen LogP contribution is 2.32. The van der Waals surface area contributed by atoms with Crippen LogP contribution >= 0.6 is 0 Å². The summed E-state index contributed by atoms with van der Waals surface area (Å²) in [7, 11) is -3.38. The van der Waals surface area contributed by atoms with Crippen molar-refractivity contribution < 1.29 is 22.1 Å². The van der Waals surface area contributed by atoms with Gasteiger partial charge in [0.25, 0.3) is 10.1 Å². The lowest BCUT2D eigenvalue weighted by Crippen LogP contribution is -2.47. The Kier molecular flexibility index (Phi) is 6.49. The predicted molar refractivity (Wildman–Crippen MR) is 89.7 cm³/mol. The Labute approximate surface area is 140 Å². The maximum atomic E-state index is 11.9. The number of ether oxygens (including phenoxy) is 1. The first-order valence-electron chi connectivity index (χ1n) is 8.15. The number of hydrogen-bond donors (Lipinski definition) is 1. The lowest BCUT2D eigenvalue weighted by molar-refractivity contribution is 0.0446. The highest BCUT2D eigenvalue weighted by molar-refractivity contribution is 7.86. The quantitative estimate of drug-likeness (QED) is 0.771. The minimum atomic E-state index is -3.38. The fourth-order valence-electron chi connectivity index (χ4n) is 3.03. The van der Waals surface area contributed by atoms with Crippen molar-refractivity contribution >= 4 is 16.2 Å². The van der Waals surface area contributed by atoms with Gasteiger partial charge in [-0.05, 0) is 72.6 Å². The molecular formula is C16H31NO5S. The van der Waals surface area contributed by atoms with Crippen molar-refractivity contribution in [2.45, 2.75) is 84.0 Å². The van der Waals surface area contributed by atoms with E-state index in [2.05, 4.69) is 5.32 Å². The van der Waals surface area contributed by atoms with Crippen molar-refractivity contribution in [3.05, 3.63) is 0 Å². The minimum absolute atomic E-state index is 0.205. The molecule has 1 rings (SSSR count). The van der Waals surface area contributed by atoms with E-state index in [9.17, 15) is 13.2 Å². The fourth-order valence-corrected chi connectivity index (χ4v) is 3.72. The summed E-state index contributed by atoms with van der Waals surface area (Å²) in [6.07, 6.45) is 4.59. The maximum absolute atomic E-state index is 11.9. The molecule has 0 aromatic carbocycles. The molecule has 1 saturated carbocycles. The second-order valence-corrected chi connectivity index (χ2v) is 9.76. The van der Waals surface area contributed by atoms with E-state index < -0.39 is 21.8 Å². The van der Waals surface area contributed by atoms with Crippen LogP contribution in [0.4, 0.5) is 4.79 Å². The highest BCUT2D eigenvalue weighted by atomic mass is 32.2. The normalized spacial score (nSPS) is 23.4. The van der Waals surface area contributed by atoms with Crippen LogP contribution in [-0.4, -0.2) is 38.0 Å². The number of amides is 1. The molecule has 0 aromatic heterocycles. The first-order chi connectivity index (χ1) is 10.3. The molecule has 1 aliphatic rings. The SMILES string of the molecule is CC(C)(CC1CCC(OS(C)(=O)=O)CC1)NC(=O)OC(C)(C)C. The molecule has 0 aliphatic heterocycles. The first-order valence-corrected chi connectivity index (χ1v) is 9.97. The zero-order valence-corrected chi connectivity index (χ0v) is 16.0. The van der Waals surface area contributed by atoms with Crippen LogP contribution < -0.4 is 5.32 Å². The van der Waals surface area contributed by atoms with Crippen LogP contribution in [0.5, 0.6) is 0 Å². The Morgan fingerprint density at radius 3 is 2.04 bits per heavy atom. The molecule has 0 atom stereocenters. The van der Waals surface area contributed by atoms with Gasteiger partial charge in [0.15, 0.2) is 0 Å². The van der Waals surface area contributed by atoms with Gasteiger partial charge >= 0.3 is 6.09 Å². The van der Waals surface area contributed by atoms with Crippen molar-refractivity contribution in [1.29, 1.82) is 0 Å². The molecule has 1 fully saturated rings. The van der Waals surface area contributed by atoms with Crippen LogP contribution in [0.1, 0.15) is 66.7 Å². The molecule has 0 spiro atoms. The summed E-state index contributed by atoms with van der Waals surface area (Å²) in [5.74, 6) is 0.444. The Bertz CT molecular complexity index is 499. The van der Waals surface area contributed by atoms with Gasteiger partial charge in [-0.15, -0.1) is 0 Å². The van der Waals surface area contributed by atoms with Gasteiger partial charge in [0, 0.05) is 5.54 Å². The molecule has 23 heavy (non-hydrogen) atoms. The summed E-state index contributed by atoms with van der Waals surface area (Å²) in [6, 6.07) is 0. The number of carbonyl (C=O) groups is 1. The van der Waals surface area contributed by atoms with Crippen LogP contribution in [0.15, 0.2) is 0 Å². The highest BCUT2D eigenvalue weighted by Gasteiger charge is 2.31. The number of alkyl carbamates (subject to hydrolysis) is 1. The number of rotatable bonds is 5. The molecule has 0 bridgehead atoms. The largest absolute Gasteiger partial charge is 0.444 e. The third-order valence-corrected chi connectivity index (χ3v) is 4.36. The van der Waals surface area contributed by atoms with Crippen molar-refractivity contribution in [2.75, 3.05) is 6.26 Å². The number of hydrogen-bond acceptors (Lipinski definition) is 5. The summed E-state index contributed by atoms with van der Waals surface area (Å²) in [5, 5.41) is 2.92. The zero-order valence-electron chi connectivity index (χ0n) is 15.1. The van der Waals surface area contributed by atoms with Gasteiger partial charge in [-0.1, -0.05) is 0 Å². The summed E-state index contributed by atoms with van der Waals surface area (Å²) in [6.45, 7) is 9.47. The predicted octanol–water partition coefficient (Wildman–Crippen LogP) is 3.21. The van der Waals surface area contributed by atoms with E-state index in [1.165, 1.54) is 0 Å². The summed E-state index contributed by atoms with van der Waals surface area (Å²) in [5.41, 5.74) is -0.876. The van der Waals surface area contributed by atoms with Crippen molar-refractivity contribution in [2.24, 2.45) is 5.92 Å². The molecule has 0 unspecified atom stereocenters. The molecule has 0 radical (unpaired) electrons. The van der Waals surface area contributed by atoms with E-state index in [-0.39, 0.29) is 11.6 Å². The van der Waals surface area contributed by atoms with Crippen LogP contribution in [0.25, 0.3) is 0 Å². The van der Waals surface area contributed by atoms with E-state index >= 15 is 0 Å². The van der Waals surface area contributed by atoms with E-state index in [1.54, 1.807) is 0 Å². The molecule has 0 aromatic rings. The van der Waals surface area contributed by atoms with Crippen LogP contribution in [0, 0.1) is 5.92 Å². The topological polar surface area (TPSA) is 81.7 Å². The molecule has 7 heteroatoms. The van der Waals surface area contributed by atoms with Gasteiger partial charge in [-0.3, -0.25) is 4.18 Å². The number of nitrogens with one attached hydrogen (secondary N) is 1. The molecule has 6 nitrogen and oxygen atoms in total. The van der Waals surface area contributed by atoms with Gasteiger partial charge in [0.2, 0.25) is 0 Å². The maximum Gasteiger partial charge on any atom is 0.408 e. The lowest BCUT2D eigenvalue weighted by atomic mass is 9.80. The second kappa shape index (κ2) is 7.38. The Balaban J connectivity index is 2.43.